The molecule has 0 heterocycles. The van der Waals surface area contributed by atoms with Gasteiger partial charge in [-0.3, -0.25) is 4.79 Å². The molecule has 0 radical (unpaired) electrons. The van der Waals surface area contributed by atoms with E-state index in [-0.39, 0.29) is 23.2 Å². The van der Waals surface area contributed by atoms with E-state index in [2.05, 4.69) is 0 Å². The largest absolute Gasteiger partial charge is 0.496 e. The number of hydrogen-bond acceptors (Lipinski definition) is 3. The minimum Gasteiger partial charge on any atom is -0.496 e. The van der Waals surface area contributed by atoms with Crippen LogP contribution in [-0.2, 0) is 10.9 Å². The van der Waals surface area contributed by atoms with E-state index >= 15 is 0 Å². The van der Waals surface area contributed by atoms with E-state index in [0.717, 1.165) is 18.2 Å². The van der Waals surface area contributed by atoms with Gasteiger partial charge in [-0.05, 0) is 31.5 Å². The highest BCUT2D eigenvalue weighted by Gasteiger charge is 2.33. The maximum Gasteiger partial charge on any atom is 0.416 e. The minimum atomic E-state index is -4.47. The van der Waals surface area contributed by atoms with Crippen LogP contribution in [0.4, 0.5) is 13.2 Å². The Bertz CT molecular complexity index is 497. The van der Waals surface area contributed by atoms with E-state index in [1.165, 1.54) is 14.2 Å². The van der Waals surface area contributed by atoms with Crippen LogP contribution in [0.25, 0.3) is 0 Å². The number of rotatable bonds is 6. The lowest BCUT2D eigenvalue weighted by atomic mass is 9.90. The fraction of sp³-hybridized carbons (Fsp3) is 0.533. The van der Waals surface area contributed by atoms with Crippen molar-refractivity contribution >= 4 is 5.78 Å². The predicted molar refractivity (Wildman–Crippen MR) is 72.6 cm³/mol. The molecule has 0 aliphatic carbocycles. The molecule has 0 amide bonds. The summed E-state index contributed by atoms with van der Waals surface area (Å²) >= 11 is 0. The molecule has 0 spiro atoms. The van der Waals surface area contributed by atoms with Crippen molar-refractivity contribution < 1.29 is 27.4 Å². The fourth-order valence-electron chi connectivity index (χ4n) is 2.17. The zero-order valence-corrected chi connectivity index (χ0v) is 12.5. The first-order chi connectivity index (χ1) is 9.76. The number of Topliss-reactive ketones (excluding diaryl/α,β-unsaturated/α-hetero) is 1. The number of carbonyl (C=O) groups excluding carboxylic acids is 1. The Morgan fingerprint density at radius 1 is 1.29 bits per heavy atom. The van der Waals surface area contributed by atoms with Gasteiger partial charge in [0.05, 0.1) is 24.3 Å². The second kappa shape index (κ2) is 6.93. The van der Waals surface area contributed by atoms with Gasteiger partial charge in [0.2, 0.25) is 0 Å². The molecule has 2 atom stereocenters. The van der Waals surface area contributed by atoms with Crippen LogP contribution < -0.4 is 4.74 Å². The van der Waals surface area contributed by atoms with Crippen molar-refractivity contribution in [2.75, 3.05) is 14.2 Å². The van der Waals surface area contributed by atoms with E-state index in [9.17, 15) is 18.0 Å². The molecule has 3 nitrogen and oxygen atoms in total. The van der Waals surface area contributed by atoms with Crippen LogP contribution in [-0.4, -0.2) is 26.1 Å². The number of ketones is 1. The maximum atomic E-state index is 12.7. The standard InChI is InChI=1S/C15H19F3O3/c1-5-11(9(2)20-3)14(19)12-7-6-10(15(16,17)18)8-13(12)21-4/h6-9,11H,5H2,1-4H3. The van der Waals surface area contributed by atoms with Crippen molar-refractivity contribution in [2.24, 2.45) is 5.92 Å². The van der Waals surface area contributed by atoms with Crippen LogP contribution in [0.3, 0.4) is 0 Å². The Kier molecular flexibility index (Phi) is 5.78. The number of ether oxygens (including phenoxy) is 2. The number of alkyl halides is 3. The summed E-state index contributed by atoms with van der Waals surface area (Å²) < 4.78 is 48.2. The van der Waals surface area contributed by atoms with Crippen LogP contribution >= 0.6 is 0 Å². The summed E-state index contributed by atoms with van der Waals surface area (Å²) in [5.41, 5.74) is -0.704. The molecule has 1 rings (SSSR count). The van der Waals surface area contributed by atoms with Gasteiger partial charge in [0.25, 0.3) is 0 Å². The summed E-state index contributed by atoms with van der Waals surface area (Å²) in [4.78, 5) is 12.5. The molecule has 2 unspecified atom stereocenters. The quantitative estimate of drug-likeness (QED) is 0.746. The first kappa shape index (κ1) is 17.5. The van der Waals surface area contributed by atoms with E-state index in [1.54, 1.807) is 6.92 Å². The maximum absolute atomic E-state index is 12.7. The van der Waals surface area contributed by atoms with Crippen LogP contribution in [0.2, 0.25) is 0 Å². The average Bonchev–Trinajstić information content (AvgIpc) is 2.45. The summed E-state index contributed by atoms with van der Waals surface area (Å²) in [6.07, 6.45) is -4.27. The summed E-state index contributed by atoms with van der Waals surface area (Å²) in [6, 6.07) is 2.90. The Labute approximate surface area is 122 Å². The molecule has 1 aromatic carbocycles. The highest BCUT2D eigenvalue weighted by molar-refractivity contribution is 6.00. The molecule has 0 aliphatic rings. The number of methoxy groups -OCH3 is 2. The van der Waals surface area contributed by atoms with Crippen LogP contribution in [0.1, 0.15) is 36.2 Å². The lowest BCUT2D eigenvalue weighted by Crippen LogP contribution is -2.27. The number of halogens is 3. The minimum absolute atomic E-state index is 0.0726. The zero-order chi connectivity index (χ0) is 16.2. The Morgan fingerprint density at radius 3 is 2.33 bits per heavy atom. The van der Waals surface area contributed by atoms with Crippen molar-refractivity contribution in [1.29, 1.82) is 0 Å². The lowest BCUT2D eigenvalue weighted by Gasteiger charge is -2.21. The molecule has 0 bridgehead atoms. The van der Waals surface area contributed by atoms with Crippen molar-refractivity contribution in [3.05, 3.63) is 29.3 Å². The van der Waals surface area contributed by atoms with Gasteiger partial charge in [-0.25, -0.2) is 0 Å². The number of hydrogen-bond donors (Lipinski definition) is 0. The van der Waals surface area contributed by atoms with Crippen molar-refractivity contribution in [3.8, 4) is 5.75 Å². The van der Waals surface area contributed by atoms with Gasteiger partial charge < -0.3 is 9.47 Å². The van der Waals surface area contributed by atoms with E-state index < -0.39 is 17.7 Å². The monoisotopic (exact) mass is 304 g/mol. The van der Waals surface area contributed by atoms with Gasteiger partial charge in [-0.1, -0.05) is 6.92 Å². The van der Waals surface area contributed by atoms with Crippen LogP contribution in [0.5, 0.6) is 5.75 Å². The molecular weight excluding hydrogens is 285 g/mol. The summed E-state index contributed by atoms with van der Waals surface area (Å²) in [5, 5.41) is 0. The van der Waals surface area contributed by atoms with Gasteiger partial charge in [0.1, 0.15) is 5.75 Å². The molecule has 118 valence electrons. The van der Waals surface area contributed by atoms with Crippen molar-refractivity contribution in [2.45, 2.75) is 32.5 Å². The number of carbonyl (C=O) groups is 1. The molecule has 0 saturated carbocycles. The second-order valence-corrected chi connectivity index (χ2v) is 4.73. The Hall–Kier alpha value is -1.56. The average molecular weight is 304 g/mol. The Morgan fingerprint density at radius 2 is 1.90 bits per heavy atom. The second-order valence-electron chi connectivity index (χ2n) is 4.73. The van der Waals surface area contributed by atoms with Gasteiger partial charge in [-0.2, -0.15) is 13.2 Å². The molecule has 21 heavy (non-hydrogen) atoms. The molecule has 0 saturated heterocycles. The van der Waals surface area contributed by atoms with E-state index in [1.807, 2.05) is 6.92 Å². The SMILES string of the molecule is CCC(C(=O)c1ccc(C(F)(F)F)cc1OC)C(C)OC. The first-order valence-electron chi connectivity index (χ1n) is 6.58. The van der Waals surface area contributed by atoms with Crippen LogP contribution in [0, 0.1) is 5.92 Å². The molecule has 0 aliphatic heterocycles. The first-order valence-corrected chi connectivity index (χ1v) is 6.58. The van der Waals surface area contributed by atoms with Gasteiger partial charge in [-0.15, -0.1) is 0 Å². The van der Waals surface area contributed by atoms with Crippen molar-refractivity contribution in [1.82, 2.24) is 0 Å². The third kappa shape index (κ3) is 3.97. The predicted octanol–water partition coefficient (Wildman–Crippen LogP) is 3.96. The summed E-state index contributed by atoms with van der Waals surface area (Å²) in [7, 11) is 2.73. The Balaban J connectivity index is 3.21. The highest BCUT2D eigenvalue weighted by Crippen LogP contribution is 2.34. The van der Waals surface area contributed by atoms with E-state index in [4.69, 9.17) is 9.47 Å². The zero-order valence-electron chi connectivity index (χ0n) is 12.5. The van der Waals surface area contributed by atoms with Gasteiger partial charge in [0.15, 0.2) is 5.78 Å². The van der Waals surface area contributed by atoms with Crippen LogP contribution in [0.15, 0.2) is 18.2 Å². The molecule has 0 fully saturated rings. The lowest BCUT2D eigenvalue weighted by molar-refractivity contribution is -0.137. The van der Waals surface area contributed by atoms with Gasteiger partial charge in [0, 0.05) is 13.0 Å². The smallest absolute Gasteiger partial charge is 0.416 e. The topological polar surface area (TPSA) is 35.5 Å². The van der Waals surface area contributed by atoms with Crippen molar-refractivity contribution in [3.63, 3.8) is 0 Å². The van der Waals surface area contributed by atoms with Gasteiger partial charge >= 0.3 is 6.18 Å². The summed E-state index contributed by atoms with van der Waals surface area (Å²) in [6.45, 7) is 3.58. The molecular formula is C15H19F3O3. The normalized spacial score (nSPS) is 14.6. The summed E-state index contributed by atoms with van der Waals surface area (Å²) in [5.74, 6) is -0.783. The fourth-order valence-corrected chi connectivity index (χ4v) is 2.17. The molecule has 6 heteroatoms. The third-order valence-electron chi connectivity index (χ3n) is 3.51. The molecule has 1 aromatic rings. The number of benzene rings is 1. The molecule has 0 N–H and O–H groups in total. The highest BCUT2D eigenvalue weighted by atomic mass is 19.4. The third-order valence-corrected chi connectivity index (χ3v) is 3.51. The van der Waals surface area contributed by atoms with E-state index in [0.29, 0.717) is 6.42 Å². The molecule has 0 aromatic heterocycles.